The highest BCUT2D eigenvalue weighted by atomic mass is 19.1. The Labute approximate surface area is 242 Å². The van der Waals surface area contributed by atoms with Crippen molar-refractivity contribution in [3.8, 4) is 17.3 Å². The number of hydrogen-bond donors (Lipinski definition) is 1. The summed E-state index contributed by atoms with van der Waals surface area (Å²) in [6.45, 7) is 8.61. The molecular formula is C31H33FN6O4. The average Bonchev–Trinajstić information content (AvgIpc) is 3.23. The van der Waals surface area contributed by atoms with Crippen LogP contribution in [-0.2, 0) is 11.2 Å². The summed E-state index contributed by atoms with van der Waals surface area (Å²) >= 11 is 0. The Bertz CT molecular complexity index is 1720. The number of amides is 1. The third-order valence-electron chi connectivity index (χ3n) is 8.93. The number of halogens is 1. The number of ether oxygens (including phenoxy) is 1. The maximum Gasteiger partial charge on any atom is 0.408 e. The van der Waals surface area contributed by atoms with Crippen LogP contribution in [0.3, 0.4) is 0 Å². The zero-order valence-electron chi connectivity index (χ0n) is 24.1. The molecule has 4 aromatic rings. The largest absolute Gasteiger partial charge is 0.465 e. The Morgan fingerprint density at radius 3 is 2.76 bits per heavy atom. The minimum Gasteiger partial charge on any atom is -0.465 e. The van der Waals surface area contributed by atoms with Gasteiger partial charge in [-0.15, -0.1) is 0 Å². The highest BCUT2D eigenvalue weighted by Crippen LogP contribution is 2.50. The Balaban J connectivity index is 1.54. The van der Waals surface area contributed by atoms with Gasteiger partial charge < -0.3 is 14.7 Å². The number of anilines is 1. The molecule has 10 nitrogen and oxygen atoms in total. The first kappa shape index (κ1) is 27.7. The van der Waals surface area contributed by atoms with Gasteiger partial charge in [-0.25, -0.2) is 9.18 Å². The fourth-order valence-electron chi connectivity index (χ4n) is 6.85. The molecule has 218 valence electrons. The SMILES string of the molecule is CCc1cccc2cncc(-c3ncc4c(N5CC6CCC(C(C)(C)C)(C5)N6C(=O)O)nc(OCC=O)nc4c3F)c12. The second kappa shape index (κ2) is 10.1. The molecule has 2 unspecified atom stereocenters. The lowest BCUT2D eigenvalue weighted by Crippen LogP contribution is -2.68. The number of nitrogens with zero attached hydrogens (tertiary/aromatic N) is 6. The number of rotatable bonds is 6. The third kappa shape index (κ3) is 4.21. The second-order valence-corrected chi connectivity index (χ2v) is 12.1. The van der Waals surface area contributed by atoms with E-state index in [9.17, 15) is 14.7 Å². The summed E-state index contributed by atoms with van der Waals surface area (Å²) < 4.78 is 22.1. The first-order chi connectivity index (χ1) is 20.1. The molecular weight excluding hydrogens is 539 g/mol. The number of carboxylic acid groups (broad SMARTS) is 1. The summed E-state index contributed by atoms with van der Waals surface area (Å²) in [5, 5.41) is 12.3. The lowest BCUT2D eigenvalue weighted by molar-refractivity contribution is -0.109. The molecule has 2 aliphatic heterocycles. The molecule has 0 aliphatic carbocycles. The molecule has 2 fully saturated rings. The molecule has 1 amide bonds. The molecule has 1 aromatic carbocycles. The van der Waals surface area contributed by atoms with Gasteiger partial charge in [-0.2, -0.15) is 9.97 Å². The fourth-order valence-corrected chi connectivity index (χ4v) is 6.85. The number of aryl methyl sites for hydroxylation is 1. The van der Waals surface area contributed by atoms with E-state index in [-0.39, 0.29) is 35.3 Å². The molecule has 2 atom stereocenters. The lowest BCUT2D eigenvalue weighted by Gasteiger charge is -2.54. The van der Waals surface area contributed by atoms with Crippen molar-refractivity contribution in [2.24, 2.45) is 5.41 Å². The maximum absolute atomic E-state index is 16.6. The predicted octanol–water partition coefficient (Wildman–Crippen LogP) is 5.27. The zero-order chi connectivity index (χ0) is 29.8. The molecule has 1 N–H and O–H groups in total. The Morgan fingerprint density at radius 1 is 1.24 bits per heavy atom. The summed E-state index contributed by atoms with van der Waals surface area (Å²) in [6.07, 6.45) is 6.72. The molecule has 2 bridgehead atoms. The smallest absolute Gasteiger partial charge is 0.408 e. The van der Waals surface area contributed by atoms with Gasteiger partial charge in [-0.1, -0.05) is 45.9 Å². The van der Waals surface area contributed by atoms with Crippen LogP contribution in [0.2, 0.25) is 0 Å². The topological polar surface area (TPSA) is 122 Å². The van der Waals surface area contributed by atoms with Crippen molar-refractivity contribution >= 4 is 39.9 Å². The summed E-state index contributed by atoms with van der Waals surface area (Å²) in [4.78, 5) is 45.1. The van der Waals surface area contributed by atoms with Crippen LogP contribution >= 0.6 is 0 Å². The van der Waals surface area contributed by atoms with Crippen molar-refractivity contribution in [1.29, 1.82) is 0 Å². The van der Waals surface area contributed by atoms with E-state index in [4.69, 9.17) is 4.74 Å². The van der Waals surface area contributed by atoms with Crippen LogP contribution in [0.4, 0.5) is 15.0 Å². The van der Waals surface area contributed by atoms with Gasteiger partial charge in [0.05, 0.1) is 17.0 Å². The van der Waals surface area contributed by atoms with E-state index >= 15 is 4.39 Å². The molecule has 42 heavy (non-hydrogen) atoms. The van der Waals surface area contributed by atoms with Crippen molar-refractivity contribution in [2.45, 2.75) is 58.5 Å². The molecule has 6 rings (SSSR count). The predicted molar refractivity (Wildman–Crippen MR) is 156 cm³/mol. The summed E-state index contributed by atoms with van der Waals surface area (Å²) in [5.74, 6) is -0.250. The second-order valence-electron chi connectivity index (χ2n) is 12.1. The number of benzene rings is 1. The molecule has 0 radical (unpaired) electrons. The minimum atomic E-state index is -0.942. The Morgan fingerprint density at radius 2 is 2.05 bits per heavy atom. The van der Waals surface area contributed by atoms with Crippen LogP contribution in [0.1, 0.15) is 46.1 Å². The van der Waals surface area contributed by atoms with Crippen LogP contribution in [0.15, 0.2) is 36.8 Å². The minimum absolute atomic E-state index is 0.00898. The van der Waals surface area contributed by atoms with E-state index in [1.165, 1.54) is 0 Å². The van der Waals surface area contributed by atoms with Gasteiger partial charge in [0.1, 0.15) is 23.6 Å². The summed E-state index contributed by atoms with van der Waals surface area (Å²) in [7, 11) is 0. The summed E-state index contributed by atoms with van der Waals surface area (Å²) in [6, 6.07) is 5.50. The molecule has 2 aliphatic rings. The van der Waals surface area contributed by atoms with E-state index in [2.05, 4.69) is 19.9 Å². The number of carbonyl (C=O) groups is 2. The number of hydrogen-bond acceptors (Lipinski definition) is 8. The van der Waals surface area contributed by atoms with Crippen molar-refractivity contribution < 1.29 is 23.8 Å². The number of aromatic nitrogens is 4. The standard InChI is InChI=1S/C31H33FN6O4/c1-5-18-7-6-8-19-13-33-14-21(23(18)19)25-24(32)26-22(15-34-25)27(36-28(35-26)42-12-11-39)37-16-20-9-10-31(17-37,30(2,3)4)38(20)29(40)41/h6-8,11,13-15,20H,5,9-10,12,16-17H2,1-4H3,(H,40,41). The van der Waals surface area contributed by atoms with E-state index in [1.807, 2.05) is 50.8 Å². The number of fused-ring (bicyclic) bond motifs is 4. The third-order valence-corrected chi connectivity index (χ3v) is 8.93. The van der Waals surface area contributed by atoms with Crippen LogP contribution in [0.25, 0.3) is 32.9 Å². The Hall–Kier alpha value is -4.41. The number of carbonyl (C=O) groups excluding carboxylic acids is 1. The molecule has 2 saturated heterocycles. The quantitative estimate of drug-likeness (QED) is 0.308. The molecule has 0 spiro atoms. The van der Waals surface area contributed by atoms with Crippen LogP contribution < -0.4 is 9.64 Å². The number of piperazine rings is 1. The van der Waals surface area contributed by atoms with E-state index in [1.54, 1.807) is 23.5 Å². The van der Waals surface area contributed by atoms with Crippen LogP contribution in [-0.4, -0.2) is 73.6 Å². The average molecular weight is 573 g/mol. The lowest BCUT2D eigenvalue weighted by atomic mass is 9.71. The van der Waals surface area contributed by atoms with E-state index in [0.29, 0.717) is 49.0 Å². The van der Waals surface area contributed by atoms with Crippen molar-refractivity contribution in [2.75, 3.05) is 24.6 Å². The normalized spacial score (nSPS) is 20.4. The van der Waals surface area contributed by atoms with E-state index < -0.39 is 17.4 Å². The first-order valence-electron chi connectivity index (χ1n) is 14.2. The maximum atomic E-state index is 16.6. The molecule has 11 heteroatoms. The van der Waals surface area contributed by atoms with Gasteiger partial charge in [0, 0.05) is 42.6 Å². The molecule has 5 heterocycles. The van der Waals surface area contributed by atoms with Gasteiger partial charge in [-0.05, 0) is 35.6 Å². The fraction of sp³-hybridized carbons (Fsp3) is 0.419. The van der Waals surface area contributed by atoms with Crippen molar-refractivity contribution in [1.82, 2.24) is 24.8 Å². The van der Waals surface area contributed by atoms with Crippen LogP contribution in [0, 0.1) is 11.2 Å². The number of aldehydes is 1. The molecule has 0 saturated carbocycles. The van der Waals surface area contributed by atoms with Crippen molar-refractivity contribution in [3.63, 3.8) is 0 Å². The van der Waals surface area contributed by atoms with Gasteiger partial charge in [0.2, 0.25) is 0 Å². The van der Waals surface area contributed by atoms with Gasteiger partial charge in [0.25, 0.3) is 0 Å². The zero-order valence-corrected chi connectivity index (χ0v) is 24.1. The number of pyridine rings is 2. The van der Waals surface area contributed by atoms with Gasteiger partial charge in [0.15, 0.2) is 12.1 Å². The summed E-state index contributed by atoms with van der Waals surface area (Å²) in [5.41, 5.74) is 0.653. The van der Waals surface area contributed by atoms with Crippen LogP contribution in [0.5, 0.6) is 6.01 Å². The first-order valence-corrected chi connectivity index (χ1v) is 14.2. The highest BCUT2D eigenvalue weighted by Gasteiger charge is 2.59. The monoisotopic (exact) mass is 572 g/mol. The Kier molecular flexibility index (Phi) is 6.70. The van der Waals surface area contributed by atoms with Gasteiger partial charge in [-0.3, -0.25) is 19.7 Å². The van der Waals surface area contributed by atoms with Gasteiger partial charge >= 0.3 is 12.1 Å². The van der Waals surface area contributed by atoms with Crippen molar-refractivity contribution in [3.05, 3.63) is 48.2 Å². The van der Waals surface area contributed by atoms with E-state index in [0.717, 1.165) is 22.8 Å². The molecule has 3 aromatic heterocycles. The highest BCUT2D eigenvalue weighted by molar-refractivity contribution is 6.00.